The van der Waals surface area contributed by atoms with Gasteiger partial charge in [-0.05, 0) is 37.8 Å². The van der Waals surface area contributed by atoms with Gasteiger partial charge in [0.2, 0.25) is 0 Å². The first-order valence-electron chi connectivity index (χ1n) is 7.69. The molecule has 0 aromatic rings. The molecule has 0 radical (unpaired) electrons. The molecular weight excluding hydrogens is 348 g/mol. The van der Waals surface area contributed by atoms with E-state index in [1.54, 1.807) is 0 Å². The van der Waals surface area contributed by atoms with Gasteiger partial charge in [0.15, 0.2) is 12.2 Å². The first-order chi connectivity index (χ1) is 12.5. The molecule has 0 aromatic carbocycles. The number of azide groups is 2. The largest absolute Gasteiger partial charge is 0.509 e. The number of rotatable bonds is 10. The number of hydrogen-bond donors (Lipinski definition) is 0. The number of carbonyl (C=O) groups is 2. The van der Waals surface area contributed by atoms with Gasteiger partial charge in [0, 0.05) is 22.9 Å². The van der Waals surface area contributed by atoms with Crippen molar-refractivity contribution in [3.8, 4) is 11.8 Å². The Morgan fingerprint density at radius 3 is 1.62 bits per heavy atom. The maximum atomic E-state index is 11.4. The van der Waals surface area contributed by atoms with Gasteiger partial charge < -0.3 is 18.9 Å². The van der Waals surface area contributed by atoms with Gasteiger partial charge in [0.25, 0.3) is 0 Å². The van der Waals surface area contributed by atoms with E-state index in [1.165, 1.54) is 13.8 Å². The second-order valence-electron chi connectivity index (χ2n) is 4.62. The fourth-order valence-corrected chi connectivity index (χ4v) is 1.32. The van der Waals surface area contributed by atoms with E-state index in [-0.39, 0.29) is 26.3 Å². The normalized spacial score (nSPS) is 11.3. The van der Waals surface area contributed by atoms with Crippen molar-refractivity contribution in [2.45, 2.75) is 38.9 Å². The summed E-state index contributed by atoms with van der Waals surface area (Å²) in [6.45, 7) is 3.60. The second-order valence-corrected chi connectivity index (χ2v) is 4.62. The lowest BCUT2D eigenvalue weighted by Crippen LogP contribution is -2.18. The Labute approximate surface area is 150 Å². The van der Waals surface area contributed by atoms with Crippen LogP contribution in [0.4, 0.5) is 9.59 Å². The number of nitrogens with zero attached hydrogens (tertiary/aromatic N) is 6. The molecule has 0 aliphatic heterocycles. The lowest BCUT2D eigenvalue weighted by atomic mass is 10.3. The summed E-state index contributed by atoms with van der Waals surface area (Å²) in [5.74, 6) is 5.17. The molecule has 0 amide bonds. The molecule has 0 heterocycles. The van der Waals surface area contributed by atoms with Crippen molar-refractivity contribution in [1.82, 2.24) is 0 Å². The monoisotopic (exact) mass is 368 g/mol. The highest BCUT2D eigenvalue weighted by Crippen LogP contribution is 1.98. The van der Waals surface area contributed by atoms with Crippen LogP contribution in [0.3, 0.4) is 0 Å². The van der Waals surface area contributed by atoms with Crippen molar-refractivity contribution in [3.63, 3.8) is 0 Å². The van der Waals surface area contributed by atoms with Gasteiger partial charge in [0.1, 0.15) is 0 Å². The first kappa shape index (κ1) is 22.7. The molecule has 0 fully saturated rings. The zero-order valence-electron chi connectivity index (χ0n) is 14.5. The Bertz CT molecular complexity index is 553. The van der Waals surface area contributed by atoms with E-state index < -0.39 is 24.5 Å². The van der Waals surface area contributed by atoms with Gasteiger partial charge in [-0.2, -0.15) is 0 Å². The van der Waals surface area contributed by atoms with Gasteiger partial charge in [-0.1, -0.05) is 22.1 Å². The van der Waals surface area contributed by atoms with E-state index in [9.17, 15) is 9.59 Å². The van der Waals surface area contributed by atoms with Gasteiger partial charge in [0.05, 0.1) is 13.2 Å². The summed E-state index contributed by atoms with van der Waals surface area (Å²) in [5, 5.41) is 6.58. The van der Waals surface area contributed by atoms with Crippen LogP contribution in [0.25, 0.3) is 20.9 Å². The summed E-state index contributed by atoms with van der Waals surface area (Å²) in [7, 11) is 0. The molecule has 2 atom stereocenters. The minimum Gasteiger partial charge on any atom is -0.434 e. The van der Waals surface area contributed by atoms with E-state index >= 15 is 0 Å². The molecule has 0 saturated carbocycles. The Morgan fingerprint density at radius 2 is 1.27 bits per heavy atom. The van der Waals surface area contributed by atoms with Gasteiger partial charge in [-0.25, -0.2) is 9.59 Å². The molecule has 0 rings (SSSR count). The predicted octanol–water partition coefficient (Wildman–Crippen LogP) is 3.47. The quantitative estimate of drug-likeness (QED) is 0.143. The van der Waals surface area contributed by atoms with Crippen LogP contribution >= 0.6 is 0 Å². The molecule has 0 aromatic heterocycles. The van der Waals surface area contributed by atoms with Crippen LogP contribution in [0.15, 0.2) is 10.2 Å². The van der Waals surface area contributed by atoms with E-state index in [1.807, 2.05) is 0 Å². The lowest BCUT2D eigenvalue weighted by Gasteiger charge is -2.09. The van der Waals surface area contributed by atoms with Gasteiger partial charge >= 0.3 is 12.3 Å². The predicted molar refractivity (Wildman–Crippen MR) is 88.8 cm³/mol. The van der Waals surface area contributed by atoms with Crippen LogP contribution in [0, 0.1) is 11.8 Å². The third-order valence-electron chi connectivity index (χ3n) is 2.41. The Balaban J connectivity index is 3.99. The van der Waals surface area contributed by atoms with Crippen molar-refractivity contribution in [2.24, 2.45) is 10.2 Å². The minimum absolute atomic E-state index is 0.0586. The molecule has 0 saturated heterocycles. The SMILES string of the molecule is CC(C#CC(C)OC(=O)OCCCN=[N+]=[N-])OC(=O)OCCCN=[N+]=[N-]. The average molecular weight is 368 g/mol. The molecule has 0 bridgehead atoms. The summed E-state index contributed by atoms with van der Waals surface area (Å²) in [5.41, 5.74) is 16.2. The molecule has 0 spiro atoms. The van der Waals surface area contributed by atoms with Crippen LogP contribution in [0.2, 0.25) is 0 Å². The molecular formula is C14H20N6O6. The highest BCUT2D eigenvalue weighted by Gasteiger charge is 2.10. The summed E-state index contributed by atoms with van der Waals surface area (Å²) in [4.78, 5) is 27.8. The third kappa shape index (κ3) is 14.3. The van der Waals surface area contributed by atoms with Gasteiger partial charge in [-0.15, -0.1) is 0 Å². The van der Waals surface area contributed by atoms with Crippen LogP contribution in [0.1, 0.15) is 26.7 Å². The van der Waals surface area contributed by atoms with E-state index in [4.69, 9.17) is 30.0 Å². The van der Waals surface area contributed by atoms with E-state index in [0.29, 0.717) is 12.8 Å². The van der Waals surface area contributed by atoms with Crippen molar-refractivity contribution in [3.05, 3.63) is 20.9 Å². The van der Waals surface area contributed by atoms with Crippen molar-refractivity contribution >= 4 is 12.3 Å². The zero-order chi connectivity index (χ0) is 19.6. The third-order valence-corrected chi connectivity index (χ3v) is 2.41. The Hall–Kier alpha value is -3.28. The smallest absolute Gasteiger partial charge is 0.434 e. The number of carbonyl (C=O) groups excluding carboxylic acids is 2. The molecule has 26 heavy (non-hydrogen) atoms. The summed E-state index contributed by atoms with van der Waals surface area (Å²) < 4.78 is 19.2. The van der Waals surface area contributed by atoms with Crippen LogP contribution in [-0.2, 0) is 18.9 Å². The standard InChI is InChI=1S/C14H20N6O6/c1-11(25-13(21)23-9-3-7-17-19-15)5-6-12(2)26-14(22)24-10-4-8-18-20-16/h11-12H,3-4,7-10H2,1-2H3. The number of ether oxygens (including phenoxy) is 4. The average Bonchev–Trinajstić information content (AvgIpc) is 2.59. The molecule has 142 valence electrons. The lowest BCUT2D eigenvalue weighted by molar-refractivity contribution is 0.0404. The Kier molecular flexibility index (Phi) is 13.3. The molecule has 0 N–H and O–H groups in total. The minimum atomic E-state index is -0.902. The van der Waals surface area contributed by atoms with E-state index in [2.05, 4.69) is 31.9 Å². The second kappa shape index (κ2) is 15.3. The maximum absolute atomic E-state index is 11.4. The van der Waals surface area contributed by atoms with Gasteiger partial charge in [-0.3, -0.25) is 0 Å². The highest BCUT2D eigenvalue weighted by atomic mass is 16.7. The van der Waals surface area contributed by atoms with Crippen LogP contribution < -0.4 is 0 Å². The molecule has 2 unspecified atom stereocenters. The van der Waals surface area contributed by atoms with Crippen molar-refractivity contribution in [1.29, 1.82) is 0 Å². The summed E-state index contributed by atoms with van der Waals surface area (Å²) in [6.07, 6.45) is -2.58. The maximum Gasteiger partial charge on any atom is 0.509 e. The van der Waals surface area contributed by atoms with Crippen LogP contribution in [-0.4, -0.2) is 50.8 Å². The van der Waals surface area contributed by atoms with Crippen LogP contribution in [0.5, 0.6) is 0 Å². The molecule has 0 aliphatic rings. The zero-order valence-corrected chi connectivity index (χ0v) is 14.5. The fourth-order valence-electron chi connectivity index (χ4n) is 1.32. The molecule has 0 aliphatic carbocycles. The van der Waals surface area contributed by atoms with Crippen molar-refractivity contribution in [2.75, 3.05) is 26.3 Å². The topological polar surface area (TPSA) is 169 Å². The number of hydrogen-bond acceptors (Lipinski definition) is 8. The highest BCUT2D eigenvalue weighted by molar-refractivity contribution is 5.61. The van der Waals surface area contributed by atoms with E-state index in [0.717, 1.165) is 0 Å². The summed E-state index contributed by atoms with van der Waals surface area (Å²) >= 11 is 0. The fraction of sp³-hybridized carbons (Fsp3) is 0.714. The Morgan fingerprint density at radius 1 is 0.885 bits per heavy atom. The molecule has 12 nitrogen and oxygen atoms in total. The van der Waals surface area contributed by atoms with Crippen molar-refractivity contribution < 1.29 is 28.5 Å². The molecule has 12 heteroatoms. The summed E-state index contributed by atoms with van der Waals surface area (Å²) in [6, 6.07) is 0. The first-order valence-corrected chi connectivity index (χ1v) is 7.69.